The maximum Gasteiger partial charge on any atom is 0.219 e. The summed E-state index contributed by atoms with van der Waals surface area (Å²) in [5.74, 6) is 0.162. The molecule has 0 aromatic carbocycles. The predicted octanol–water partition coefficient (Wildman–Crippen LogP) is 1.45. The second-order valence-electron chi connectivity index (χ2n) is 3.93. The van der Waals surface area contributed by atoms with E-state index in [4.69, 9.17) is 0 Å². The van der Waals surface area contributed by atoms with Crippen LogP contribution in [0.15, 0.2) is 0 Å². The highest BCUT2D eigenvalue weighted by molar-refractivity contribution is 5.75. The molecule has 4 heteroatoms. The van der Waals surface area contributed by atoms with Crippen molar-refractivity contribution in [3.8, 4) is 0 Å². The zero-order valence-corrected chi connectivity index (χ0v) is 10.7. The molecule has 0 fully saturated rings. The van der Waals surface area contributed by atoms with Crippen molar-refractivity contribution < 1.29 is 9.59 Å². The molecule has 2 amide bonds. The van der Waals surface area contributed by atoms with Crippen LogP contribution >= 0.6 is 0 Å². The van der Waals surface area contributed by atoms with Gasteiger partial charge in [0.2, 0.25) is 11.8 Å². The molecule has 0 aliphatic carbocycles. The van der Waals surface area contributed by atoms with Crippen LogP contribution in [-0.4, -0.2) is 23.9 Å². The molecule has 0 unspecified atom stereocenters. The predicted molar refractivity (Wildman–Crippen MR) is 62.5 cm³/mol. The zero-order chi connectivity index (χ0) is 12.4. The van der Waals surface area contributed by atoms with Crippen LogP contribution in [0.3, 0.4) is 0 Å². The number of rotatable bonds is 3. The van der Waals surface area contributed by atoms with Gasteiger partial charge in [-0.05, 0) is 27.7 Å². The molecule has 0 radical (unpaired) electrons. The molecule has 0 bridgehead atoms. The van der Waals surface area contributed by atoms with Gasteiger partial charge >= 0.3 is 0 Å². The first-order valence-electron chi connectivity index (χ1n) is 5.36. The fourth-order valence-corrected chi connectivity index (χ4v) is 0.831. The zero-order valence-electron chi connectivity index (χ0n) is 10.7. The highest BCUT2D eigenvalue weighted by Gasteiger charge is 1.96. The lowest BCUT2D eigenvalue weighted by Crippen LogP contribution is -2.29. The third kappa shape index (κ3) is 19.4. The molecule has 0 spiro atoms. The second-order valence-corrected chi connectivity index (χ2v) is 3.93. The van der Waals surface area contributed by atoms with Crippen LogP contribution in [0, 0.1) is 0 Å². The van der Waals surface area contributed by atoms with E-state index < -0.39 is 0 Å². The van der Waals surface area contributed by atoms with E-state index in [1.165, 1.54) is 6.92 Å². The summed E-state index contributed by atoms with van der Waals surface area (Å²) in [6.45, 7) is 11.1. The number of nitrogens with one attached hydrogen (secondary N) is 2. The van der Waals surface area contributed by atoms with Gasteiger partial charge in [-0.3, -0.25) is 9.59 Å². The average Bonchev–Trinajstić information content (AvgIpc) is 2.01. The quantitative estimate of drug-likeness (QED) is 0.750. The highest BCUT2D eigenvalue weighted by Crippen LogP contribution is 1.79. The molecular formula is C11H24N2O2. The Morgan fingerprint density at radius 1 is 1.00 bits per heavy atom. The summed E-state index contributed by atoms with van der Waals surface area (Å²) < 4.78 is 0. The number of hydrogen-bond acceptors (Lipinski definition) is 2. The van der Waals surface area contributed by atoms with E-state index in [0.29, 0.717) is 6.42 Å². The maximum atomic E-state index is 10.5. The smallest absolute Gasteiger partial charge is 0.219 e. The van der Waals surface area contributed by atoms with Gasteiger partial charge in [0.25, 0.3) is 0 Å². The number of carbonyl (C=O) groups excluding carboxylic acids is 2. The molecule has 0 atom stereocenters. The molecule has 0 saturated heterocycles. The Bertz CT molecular complexity index is 189. The van der Waals surface area contributed by atoms with Crippen LogP contribution in [-0.2, 0) is 9.59 Å². The summed E-state index contributed by atoms with van der Waals surface area (Å²) in [5, 5.41) is 5.42. The van der Waals surface area contributed by atoms with E-state index in [9.17, 15) is 9.59 Å². The molecule has 0 aliphatic heterocycles. The molecule has 2 N–H and O–H groups in total. The third-order valence-corrected chi connectivity index (χ3v) is 1.26. The molecular weight excluding hydrogens is 192 g/mol. The lowest BCUT2D eigenvalue weighted by Gasteiger charge is -2.04. The van der Waals surface area contributed by atoms with Crippen LogP contribution in [0.2, 0.25) is 0 Å². The van der Waals surface area contributed by atoms with Crippen molar-refractivity contribution in [3.63, 3.8) is 0 Å². The first-order valence-corrected chi connectivity index (χ1v) is 5.36. The van der Waals surface area contributed by atoms with Gasteiger partial charge in [0, 0.05) is 25.4 Å². The van der Waals surface area contributed by atoms with Gasteiger partial charge < -0.3 is 10.6 Å². The fourth-order valence-electron chi connectivity index (χ4n) is 0.831. The fraction of sp³-hybridized carbons (Fsp3) is 0.818. The van der Waals surface area contributed by atoms with Gasteiger partial charge in [-0.15, -0.1) is 0 Å². The van der Waals surface area contributed by atoms with Crippen LogP contribution in [0.4, 0.5) is 0 Å². The summed E-state index contributed by atoms with van der Waals surface area (Å²) in [7, 11) is 0. The summed E-state index contributed by atoms with van der Waals surface area (Å²) >= 11 is 0. The van der Waals surface area contributed by atoms with Crippen molar-refractivity contribution in [2.45, 2.75) is 60.0 Å². The standard InChI is InChI=1S/C6H13NO.C5H11NO/c1-4-6(8)7-5(2)3;1-4(2)6-5(3)7/h5H,4H2,1-3H3,(H,7,8);4H,1-3H3,(H,6,7). The lowest BCUT2D eigenvalue weighted by molar-refractivity contribution is -0.121. The normalized spacial score (nSPS) is 9.33. The largest absolute Gasteiger partial charge is 0.354 e. The SMILES string of the molecule is CC(=O)NC(C)C.CCC(=O)NC(C)C. The number of amides is 2. The van der Waals surface area contributed by atoms with Crippen molar-refractivity contribution in [3.05, 3.63) is 0 Å². The van der Waals surface area contributed by atoms with Crippen molar-refractivity contribution in [2.75, 3.05) is 0 Å². The van der Waals surface area contributed by atoms with Gasteiger partial charge in [0.05, 0.1) is 0 Å². The van der Waals surface area contributed by atoms with E-state index in [1.807, 2.05) is 34.6 Å². The van der Waals surface area contributed by atoms with Gasteiger partial charge in [-0.25, -0.2) is 0 Å². The van der Waals surface area contributed by atoms with Gasteiger partial charge in [-0.1, -0.05) is 6.92 Å². The highest BCUT2D eigenvalue weighted by atomic mass is 16.2. The Morgan fingerprint density at radius 2 is 1.40 bits per heavy atom. The number of carbonyl (C=O) groups is 2. The summed E-state index contributed by atoms with van der Waals surface area (Å²) in [4.78, 5) is 20.7. The third-order valence-electron chi connectivity index (χ3n) is 1.26. The summed E-state index contributed by atoms with van der Waals surface area (Å²) in [6.07, 6.45) is 0.582. The van der Waals surface area contributed by atoms with Gasteiger partial charge in [-0.2, -0.15) is 0 Å². The molecule has 0 aromatic rings. The van der Waals surface area contributed by atoms with Crippen LogP contribution in [0.25, 0.3) is 0 Å². The monoisotopic (exact) mass is 216 g/mol. The van der Waals surface area contributed by atoms with E-state index >= 15 is 0 Å². The minimum absolute atomic E-state index is 0.0370. The van der Waals surface area contributed by atoms with E-state index in [1.54, 1.807) is 0 Å². The van der Waals surface area contributed by atoms with Gasteiger partial charge in [0.15, 0.2) is 0 Å². The minimum Gasteiger partial charge on any atom is -0.354 e. The van der Waals surface area contributed by atoms with Crippen molar-refractivity contribution in [2.24, 2.45) is 0 Å². The van der Waals surface area contributed by atoms with Gasteiger partial charge in [0.1, 0.15) is 0 Å². The number of hydrogen-bond donors (Lipinski definition) is 2. The Hall–Kier alpha value is -1.06. The first-order chi connectivity index (χ1) is 6.79. The molecule has 90 valence electrons. The van der Waals surface area contributed by atoms with Crippen molar-refractivity contribution >= 4 is 11.8 Å². The van der Waals surface area contributed by atoms with Crippen LogP contribution < -0.4 is 10.6 Å². The van der Waals surface area contributed by atoms with Crippen LogP contribution in [0.5, 0.6) is 0 Å². The summed E-state index contributed by atoms with van der Waals surface area (Å²) in [6, 6.07) is 0.556. The molecule has 15 heavy (non-hydrogen) atoms. The topological polar surface area (TPSA) is 58.2 Å². The van der Waals surface area contributed by atoms with Crippen LogP contribution in [0.1, 0.15) is 48.0 Å². The Labute approximate surface area is 92.8 Å². The maximum absolute atomic E-state index is 10.5. The second kappa shape index (κ2) is 9.49. The lowest BCUT2D eigenvalue weighted by atomic mass is 10.3. The molecule has 0 saturated carbocycles. The Balaban J connectivity index is 0. The van der Waals surface area contributed by atoms with E-state index in [-0.39, 0.29) is 23.9 Å². The molecule has 0 aromatic heterocycles. The minimum atomic E-state index is 0.0370. The van der Waals surface area contributed by atoms with Crippen molar-refractivity contribution in [1.29, 1.82) is 0 Å². The van der Waals surface area contributed by atoms with Crippen molar-refractivity contribution in [1.82, 2.24) is 10.6 Å². The van der Waals surface area contributed by atoms with E-state index in [0.717, 1.165) is 0 Å². The Morgan fingerprint density at radius 3 is 1.47 bits per heavy atom. The molecule has 4 nitrogen and oxygen atoms in total. The Kier molecular flexibility index (Phi) is 10.4. The summed E-state index contributed by atoms with van der Waals surface area (Å²) in [5.41, 5.74) is 0. The average molecular weight is 216 g/mol. The van der Waals surface area contributed by atoms with E-state index in [2.05, 4.69) is 10.6 Å². The molecule has 0 heterocycles. The first kappa shape index (κ1) is 16.4. The molecule has 0 aliphatic rings. The molecule has 0 rings (SSSR count).